The van der Waals surface area contributed by atoms with Crippen molar-refractivity contribution in [3.63, 3.8) is 0 Å². The van der Waals surface area contributed by atoms with E-state index >= 15 is 0 Å². The normalized spacial score (nSPS) is 50.5. The van der Waals surface area contributed by atoms with Gasteiger partial charge >= 0.3 is 5.97 Å². The highest BCUT2D eigenvalue weighted by Gasteiger charge is 2.65. The average Bonchev–Trinajstić information content (AvgIpc) is 3.12. The lowest BCUT2D eigenvalue weighted by Crippen LogP contribution is -2.51. The van der Waals surface area contributed by atoms with E-state index in [-0.39, 0.29) is 29.0 Å². The second kappa shape index (κ2) is 6.18. The molecule has 3 heterocycles. The maximum atomic E-state index is 12.8. The van der Waals surface area contributed by atoms with Crippen LogP contribution in [-0.2, 0) is 19.0 Å². The molecule has 0 amide bonds. The van der Waals surface area contributed by atoms with Gasteiger partial charge in [-0.25, -0.2) is 0 Å². The molecular weight excluding hydrogens is 330 g/mol. The highest BCUT2D eigenvalue weighted by atomic mass is 16.6. The minimum Gasteiger partial charge on any atom is -0.462 e. The highest BCUT2D eigenvalue weighted by Crippen LogP contribution is 2.62. The molecule has 3 aliphatic heterocycles. The Hall–Kier alpha value is -0.650. The molecule has 0 radical (unpaired) electrons. The Labute approximate surface area is 156 Å². The van der Waals surface area contributed by atoms with Crippen LogP contribution in [0.5, 0.6) is 0 Å². The van der Waals surface area contributed by atoms with Crippen LogP contribution in [0.4, 0.5) is 0 Å². The fourth-order valence-electron chi connectivity index (χ4n) is 6.93. The molecule has 3 saturated heterocycles. The number of esters is 1. The first-order chi connectivity index (χ1) is 12.5. The molecule has 2 saturated carbocycles. The van der Waals surface area contributed by atoms with E-state index in [4.69, 9.17) is 14.2 Å². The Morgan fingerprint density at radius 2 is 2.15 bits per heavy atom. The lowest BCUT2D eigenvalue weighted by atomic mass is 9.53. The van der Waals surface area contributed by atoms with Crippen molar-refractivity contribution in [2.24, 2.45) is 23.2 Å². The van der Waals surface area contributed by atoms with E-state index in [2.05, 4.69) is 11.8 Å². The van der Waals surface area contributed by atoms with Crippen molar-refractivity contribution in [1.29, 1.82) is 0 Å². The van der Waals surface area contributed by atoms with Crippen LogP contribution < -0.4 is 0 Å². The number of nitrogens with zero attached hydrogens (tertiary/aromatic N) is 1. The summed E-state index contributed by atoms with van der Waals surface area (Å²) in [5.41, 5.74) is 0.428. The second-order valence-electron chi connectivity index (χ2n) is 9.85. The molecule has 2 aliphatic carbocycles. The maximum Gasteiger partial charge on any atom is 0.310 e. The summed E-state index contributed by atoms with van der Waals surface area (Å²) < 4.78 is 17.4. The standard InChI is InChI=1S/C21H33NO4/c1-20-6-4-7-21(13-25-21)18(20)9-15-16(19(23)26-17(15)10-20)11-22-8-3-5-14(22)12-24-2/h14-18H,3-13H2,1-2H3/t14-,15+,16-,17+,18-,20+,21-/m0/s1. The minimum absolute atomic E-state index is 0.0414. The molecule has 26 heavy (non-hydrogen) atoms. The summed E-state index contributed by atoms with van der Waals surface area (Å²) in [6, 6.07) is 0.466. The summed E-state index contributed by atoms with van der Waals surface area (Å²) >= 11 is 0. The molecule has 0 unspecified atom stereocenters. The second-order valence-corrected chi connectivity index (χ2v) is 9.85. The predicted molar refractivity (Wildman–Crippen MR) is 96.7 cm³/mol. The number of rotatable bonds is 4. The van der Waals surface area contributed by atoms with Gasteiger partial charge in [-0.2, -0.15) is 0 Å². The summed E-state index contributed by atoms with van der Waals surface area (Å²) in [5.74, 6) is 1.08. The van der Waals surface area contributed by atoms with Crippen LogP contribution in [0.2, 0.25) is 0 Å². The summed E-state index contributed by atoms with van der Waals surface area (Å²) in [5, 5.41) is 0. The van der Waals surface area contributed by atoms with E-state index in [1.54, 1.807) is 7.11 Å². The lowest BCUT2D eigenvalue weighted by Gasteiger charge is -2.51. The van der Waals surface area contributed by atoms with Gasteiger partial charge in [0.25, 0.3) is 0 Å². The zero-order valence-corrected chi connectivity index (χ0v) is 16.2. The molecule has 0 bridgehead atoms. The topological polar surface area (TPSA) is 51.3 Å². The summed E-state index contributed by atoms with van der Waals surface area (Å²) in [7, 11) is 1.77. The average molecular weight is 363 g/mol. The highest BCUT2D eigenvalue weighted by molar-refractivity contribution is 5.75. The molecule has 5 nitrogen and oxygen atoms in total. The van der Waals surface area contributed by atoms with Gasteiger partial charge in [0.15, 0.2) is 0 Å². The Morgan fingerprint density at radius 3 is 2.92 bits per heavy atom. The van der Waals surface area contributed by atoms with E-state index in [1.807, 2.05) is 0 Å². The molecule has 5 fully saturated rings. The van der Waals surface area contributed by atoms with Crippen LogP contribution in [0, 0.1) is 23.2 Å². The minimum atomic E-state index is 0.0414. The molecule has 146 valence electrons. The van der Waals surface area contributed by atoms with E-state index in [0.29, 0.717) is 17.9 Å². The Kier molecular flexibility index (Phi) is 4.15. The van der Waals surface area contributed by atoms with E-state index < -0.39 is 0 Å². The summed E-state index contributed by atoms with van der Waals surface area (Å²) in [6.07, 6.45) is 8.41. The van der Waals surface area contributed by atoms with Crippen LogP contribution in [0.1, 0.15) is 51.9 Å². The van der Waals surface area contributed by atoms with Gasteiger partial charge in [0.1, 0.15) is 6.10 Å². The first-order valence-electron chi connectivity index (χ1n) is 10.6. The molecule has 5 aliphatic rings. The SMILES string of the molecule is COC[C@@H]1CCCN1C[C@@H]1C(=O)O[C@@H]2C[C@@]3(C)CCC[C@]4(CO4)[C@H]3C[C@H]12. The number of methoxy groups -OCH3 is 1. The molecule has 5 rings (SSSR count). The van der Waals surface area contributed by atoms with Crippen molar-refractivity contribution in [3.05, 3.63) is 0 Å². The van der Waals surface area contributed by atoms with Gasteiger partial charge in [-0.3, -0.25) is 9.69 Å². The lowest BCUT2D eigenvalue weighted by molar-refractivity contribution is -0.147. The zero-order chi connectivity index (χ0) is 17.9. The van der Waals surface area contributed by atoms with Crippen molar-refractivity contribution in [2.75, 3.05) is 33.4 Å². The number of likely N-dealkylation sites (tertiary alicyclic amines) is 1. The molecular formula is C21H33NO4. The van der Waals surface area contributed by atoms with Gasteiger partial charge in [0.05, 0.1) is 24.7 Å². The molecule has 1 spiro atoms. The quantitative estimate of drug-likeness (QED) is 0.568. The monoisotopic (exact) mass is 363 g/mol. The van der Waals surface area contributed by atoms with Gasteiger partial charge < -0.3 is 14.2 Å². The van der Waals surface area contributed by atoms with Crippen molar-refractivity contribution in [3.8, 4) is 0 Å². The predicted octanol–water partition coefficient (Wildman–Crippen LogP) is 2.62. The third-order valence-corrected chi connectivity index (χ3v) is 8.37. The Balaban J connectivity index is 1.34. The number of ether oxygens (including phenoxy) is 3. The zero-order valence-electron chi connectivity index (χ0n) is 16.2. The number of carbonyl (C=O) groups excluding carboxylic acids is 1. The Morgan fingerprint density at radius 1 is 1.31 bits per heavy atom. The number of carbonyl (C=O) groups is 1. The van der Waals surface area contributed by atoms with Gasteiger partial charge in [-0.1, -0.05) is 6.92 Å². The van der Waals surface area contributed by atoms with Gasteiger partial charge in [0, 0.05) is 25.6 Å². The molecule has 0 aromatic heterocycles. The van der Waals surface area contributed by atoms with E-state index in [0.717, 1.165) is 39.1 Å². The van der Waals surface area contributed by atoms with Gasteiger partial charge in [0.2, 0.25) is 0 Å². The molecule has 7 atom stereocenters. The number of fused-ring (bicyclic) bond motifs is 3. The first kappa shape index (κ1) is 17.4. The van der Waals surface area contributed by atoms with Crippen molar-refractivity contribution in [2.45, 2.75) is 69.6 Å². The summed E-state index contributed by atoms with van der Waals surface area (Å²) in [6.45, 7) is 6.07. The molecule has 0 aromatic carbocycles. The first-order valence-corrected chi connectivity index (χ1v) is 10.6. The Bertz CT molecular complexity index is 576. The summed E-state index contributed by atoms with van der Waals surface area (Å²) in [4.78, 5) is 15.3. The maximum absolute atomic E-state index is 12.8. The van der Waals surface area contributed by atoms with E-state index in [1.165, 1.54) is 32.1 Å². The van der Waals surface area contributed by atoms with Gasteiger partial charge in [-0.05, 0) is 62.8 Å². The molecule has 0 aromatic rings. The fraction of sp³-hybridized carbons (Fsp3) is 0.952. The largest absolute Gasteiger partial charge is 0.462 e. The van der Waals surface area contributed by atoms with Crippen LogP contribution in [0.3, 0.4) is 0 Å². The van der Waals surface area contributed by atoms with Crippen LogP contribution in [0.25, 0.3) is 0 Å². The van der Waals surface area contributed by atoms with Crippen LogP contribution >= 0.6 is 0 Å². The fourth-order valence-corrected chi connectivity index (χ4v) is 6.93. The van der Waals surface area contributed by atoms with E-state index in [9.17, 15) is 4.79 Å². The number of hydrogen-bond donors (Lipinski definition) is 0. The van der Waals surface area contributed by atoms with Crippen LogP contribution in [0.15, 0.2) is 0 Å². The van der Waals surface area contributed by atoms with Gasteiger partial charge in [-0.15, -0.1) is 0 Å². The smallest absolute Gasteiger partial charge is 0.310 e. The number of epoxide rings is 1. The van der Waals surface area contributed by atoms with Crippen molar-refractivity contribution >= 4 is 5.97 Å². The molecule has 0 N–H and O–H groups in total. The third kappa shape index (κ3) is 2.65. The third-order valence-electron chi connectivity index (χ3n) is 8.37. The van der Waals surface area contributed by atoms with Crippen LogP contribution in [-0.4, -0.2) is 62.0 Å². The number of hydrogen-bond acceptors (Lipinski definition) is 5. The molecule has 5 heteroatoms. The van der Waals surface area contributed by atoms with Crippen molar-refractivity contribution < 1.29 is 19.0 Å². The van der Waals surface area contributed by atoms with Crippen molar-refractivity contribution in [1.82, 2.24) is 4.90 Å².